The molecule has 1 N–H and O–H groups in total. The van der Waals surface area contributed by atoms with Crippen LogP contribution in [0.2, 0.25) is 0 Å². The van der Waals surface area contributed by atoms with E-state index in [2.05, 4.69) is 40.8 Å². The third kappa shape index (κ3) is 3.72. The average molecular weight is 520 g/mol. The van der Waals surface area contributed by atoms with Crippen molar-refractivity contribution in [2.24, 2.45) is 5.41 Å². The van der Waals surface area contributed by atoms with Gasteiger partial charge >= 0.3 is 6.09 Å². The number of hydrogen-bond acceptors (Lipinski definition) is 6. The van der Waals surface area contributed by atoms with Crippen molar-refractivity contribution in [1.29, 1.82) is 0 Å². The van der Waals surface area contributed by atoms with Gasteiger partial charge in [-0.25, -0.2) is 23.7 Å². The molecule has 0 saturated carbocycles. The van der Waals surface area contributed by atoms with Crippen molar-refractivity contribution in [2.45, 2.75) is 60.0 Å². The zero-order valence-corrected chi connectivity index (χ0v) is 23.0. The molecule has 1 spiro atoms. The average Bonchev–Trinajstić information content (AvgIpc) is 3.39. The van der Waals surface area contributed by atoms with E-state index in [0.717, 1.165) is 33.6 Å². The number of nitrogens with zero attached hydrogens (tertiary/aromatic N) is 6. The minimum Gasteiger partial charge on any atom is -0.444 e. The lowest BCUT2D eigenvalue weighted by molar-refractivity contribution is -0.0456. The highest BCUT2D eigenvalue weighted by atomic mass is 19.1. The molecule has 2 aliphatic heterocycles. The summed E-state index contributed by atoms with van der Waals surface area (Å²) in [6.45, 7) is 16.4. The second-order valence-corrected chi connectivity index (χ2v) is 12.3. The van der Waals surface area contributed by atoms with E-state index in [1.807, 2.05) is 38.8 Å². The molecule has 10 heteroatoms. The minimum absolute atomic E-state index is 0.0218. The Hall–Kier alpha value is -3.69. The number of likely N-dealkylation sites (tertiary alicyclic amines) is 1. The molecule has 2 fully saturated rings. The van der Waals surface area contributed by atoms with Gasteiger partial charge in [0.25, 0.3) is 0 Å². The van der Waals surface area contributed by atoms with Crippen molar-refractivity contribution in [3.05, 3.63) is 41.2 Å². The molecule has 0 aromatic carbocycles. The summed E-state index contributed by atoms with van der Waals surface area (Å²) < 4.78 is 23.5. The maximum atomic E-state index is 16.2. The summed E-state index contributed by atoms with van der Waals surface area (Å²) >= 11 is 0. The summed E-state index contributed by atoms with van der Waals surface area (Å²) in [6.07, 6.45) is 4.95. The molecular weight excluding hydrogens is 485 g/mol. The van der Waals surface area contributed by atoms with Crippen LogP contribution in [0.5, 0.6) is 0 Å². The fourth-order valence-electron chi connectivity index (χ4n) is 5.96. The highest BCUT2D eigenvalue weighted by Crippen LogP contribution is 2.45. The fourth-order valence-corrected chi connectivity index (χ4v) is 5.96. The summed E-state index contributed by atoms with van der Waals surface area (Å²) in [7, 11) is 0. The second kappa shape index (κ2) is 8.15. The predicted octanol–water partition coefficient (Wildman–Crippen LogP) is 5.21. The Labute approximate surface area is 221 Å². The summed E-state index contributed by atoms with van der Waals surface area (Å²) in [5, 5.41) is 4.92. The monoisotopic (exact) mass is 519 g/mol. The molecule has 0 unspecified atom stereocenters. The van der Waals surface area contributed by atoms with Crippen LogP contribution in [-0.2, 0) is 4.74 Å². The van der Waals surface area contributed by atoms with Gasteiger partial charge < -0.3 is 19.5 Å². The summed E-state index contributed by atoms with van der Waals surface area (Å²) in [5.74, 6) is 0.139. The standard InChI is InChI=1S/C28H34FN7O2/c1-15(2)20-21-19(33-23(20)18-9-36-24(31-14-32-36)17(4)16(18)3)8-30-25(22(21)29)34-10-28(11-34)12-35(13-28)26(37)38-27(5,6)7/h8-9,14-15,33H,10-13H2,1-7H3. The number of pyridine rings is 2. The molecule has 0 radical (unpaired) electrons. The smallest absolute Gasteiger partial charge is 0.410 e. The van der Waals surface area contributed by atoms with Crippen molar-refractivity contribution in [2.75, 3.05) is 31.1 Å². The van der Waals surface area contributed by atoms with E-state index in [4.69, 9.17) is 4.74 Å². The van der Waals surface area contributed by atoms with E-state index in [9.17, 15) is 4.79 Å². The Kier molecular flexibility index (Phi) is 5.29. The number of nitrogens with one attached hydrogen (secondary N) is 1. The Bertz CT molecular complexity index is 1580. The van der Waals surface area contributed by atoms with Crippen LogP contribution in [0.4, 0.5) is 15.0 Å². The molecular formula is C28H34FN7O2. The van der Waals surface area contributed by atoms with E-state index in [0.29, 0.717) is 42.9 Å². The van der Waals surface area contributed by atoms with Crippen molar-refractivity contribution >= 4 is 28.5 Å². The number of H-pyrrole nitrogens is 1. The Balaban J connectivity index is 1.31. The van der Waals surface area contributed by atoms with Gasteiger partial charge in [-0.3, -0.25) is 0 Å². The van der Waals surface area contributed by atoms with E-state index >= 15 is 4.39 Å². The maximum Gasteiger partial charge on any atom is 0.410 e. The highest BCUT2D eigenvalue weighted by Gasteiger charge is 2.54. The van der Waals surface area contributed by atoms with E-state index in [1.54, 1.807) is 21.9 Å². The van der Waals surface area contributed by atoms with Crippen molar-refractivity contribution in [3.8, 4) is 11.3 Å². The van der Waals surface area contributed by atoms with E-state index < -0.39 is 5.60 Å². The van der Waals surface area contributed by atoms with E-state index in [1.165, 1.54) is 0 Å². The zero-order valence-electron chi connectivity index (χ0n) is 23.0. The molecule has 1 amide bonds. The van der Waals surface area contributed by atoms with Gasteiger partial charge in [-0.2, -0.15) is 5.10 Å². The van der Waals surface area contributed by atoms with Gasteiger partial charge in [-0.15, -0.1) is 0 Å². The molecule has 4 aromatic rings. The van der Waals surface area contributed by atoms with Gasteiger partial charge in [-0.05, 0) is 57.2 Å². The Morgan fingerprint density at radius 3 is 2.50 bits per heavy atom. The summed E-state index contributed by atoms with van der Waals surface area (Å²) in [5.41, 5.74) is 5.86. The van der Waals surface area contributed by atoms with Gasteiger partial charge in [0.2, 0.25) is 0 Å². The van der Waals surface area contributed by atoms with Crippen LogP contribution in [-0.4, -0.2) is 67.3 Å². The number of hydrogen-bond donors (Lipinski definition) is 1. The zero-order chi connectivity index (χ0) is 27.1. The molecule has 2 saturated heterocycles. The van der Waals surface area contributed by atoms with Crippen LogP contribution in [0.15, 0.2) is 18.7 Å². The van der Waals surface area contributed by atoms with Crippen molar-refractivity contribution in [3.63, 3.8) is 0 Å². The number of rotatable bonds is 3. The van der Waals surface area contributed by atoms with Gasteiger partial charge in [0.1, 0.15) is 11.9 Å². The topological polar surface area (TPSA) is 91.7 Å². The van der Waals surface area contributed by atoms with Crippen LogP contribution < -0.4 is 4.90 Å². The molecule has 9 nitrogen and oxygen atoms in total. The number of aryl methyl sites for hydroxylation is 1. The first-order chi connectivity index (χ1) is 17.9. The molecule has 38 heavy (non-hydrogen) atoms. The first kappa shape index (κ1) is 24.6. The lowest BCUT2D eigenvalue weighted by Gasteiger charge is -2.60. The Morgan fingerprint density at radius 2 is 1.84 bits per heavy atom. The largest absolute Gasteiger partial charge is 0.444 e. The van der Waals surface area contributed by atoms with Gasteiger partial charge in [0.05, 0.1) is 17.4 Å². The molecule has 200 valence electrons. The molecule has 2 aliphatic rings. The normalized spacial score (nSPS) is 17.0. The fraction of sp³-hybridized carbons (Fsp3) is 0.500. The summed E-state index contributed by atoms with van der Waals surface area (Å²) in [4.78, 5) is 28.4. The van der Waals surface area contributed by atoms with Crippen LogP contribution >= 0.6 is 0 Å². The van der Waals surface area contributed by atoms with Crippen LogP contribution in [0.1, 0.15) is 57.2 Å². The lowest BCUT2D eigenvalue weighted by Crippen LogP contribution is -2.73. The molecule has 6 rings (SSSR count). The minimum atomic E-state index is -0.518. The van der Waals surface area contributed by atoms with Crippen LogP contribution in [0.25, 0.3) is 27.8 Å². The number of halogens is 1. The third-order valence-electron chi connectivity index (χ3n) is 7.83. The molecule has 0 bridgehead atoms. The molecule has 6 heterocycles. The first-order valence-corrected chi connectivity index (χ1v) is 13.1. The van der Waals surface area contributed by atoms with Gasteiger partial charge in [-0.1, -0.05) is 13.8 Å². The SMILES string of the molecule is Cc1c(-c2[nH]c3cnc(N4CC5(CN(C(=O)OC(C)(C)C)C5)C4)c(F)c3c2C(C)C)cn2ncnc2c1C. The second-order valence-electron chi connectivity index (χ2n) is 12.3. The quantitative estimate of drug-likeness (QED) is 0.400. The van der Waals surface area contributed by atoms with Crippen LogP contribution in [0.3, 0.4) is 0 Å². The summed E-state index contributed by atoms with van der Waals surface area (Å²) in [6, 6.07) is 0. The number of carbonyl (C=O) groups is 1. The predicted molar refractivity (Wildman–Crippen MR) is 144 cm³/mol. The lowest BCUT2D eigenvalue weighted by atomic mass is 9.73. The highest BCUT2D eigenvalue weighted by molar-refractivity contribution is 5.94. The molecule has 0 aliphatic carbocycles. The number of fused-ring (bicyclic) bond motifs is 2. The number of aromatic amines is 1. The van der Waals surface area contributed by atoms with Crippen molar-refractivity contribution < 1.29 is 13.9 Å². The molecule has 0 atom stereocenters. The maximum absolute atomic E-state index is 16.2. The van der Waals surface area contributed by atoms with Crippen LogP contribution in [0, 0.1) is 25.1 Å². The van der Waals surface area contributed by atoms with Crippen molar-refractivity contribution in [1.82, 2.24) is 29.5 Å². The Morgan fingerprint density at radius 1 is 1.13 bits per heavy atom. The van der Waals surface area contributed by atoms with E-state index in [-0.39, 0.29) is 23.2 Å². The van der Waals surface area contributed by atoms with Gasteiger partial charge in [0.15, 0.2) is 17.3 Å². The molecule has 4 aromatic heterocycles. The number of ether oxygens (including phenoxy) is 1. The third-order valence-corrected chi connectivity index (χ3v) is 7.83. The number of aromatic nitrogens is 5. The first-order valence-electron chi connectivity index (χ1n) is 13.1. The van der Waals surface area contributed by atoms with Gasteiger partial charge in [0, 0.05) is 48.7 Å². The number of carbonyl (C=O) groups excluding carboxylic acids is 1. The number of amides is 1. The number of anilines is 1.